The molecule has 2 atom stereocenters. The van der Waals surface area contributed by atoms with E-state index < -0.39 is 5.82 Å². The Hall–Kier alpha value is -2.19. The monoisotopic (exact) mass is 420 g/mol. The van der Waals surface area contributed by atoms with Crippen LogP contribution in [0.25, 0.3) is 0 Å². The van der Waals surface area contributed by atoms with Gasteiger partial charge in [-0.2, -0.15) is 0 Å². The average Bonchev–Trinajstić information content (AvgIpc) is 2.71. The zero-order valence-corrected chi connectivity index (χ0v) is 18.4. The van der Waals surface area contributed by atoms with E-state index in [4.69, 9.17) is 4.74 Å². The molecule has 2 aliphatic heterocycles. The lowest BCUT2D eigenvalue weighted by molar-refractivity contribution is -0.0948. The number of carbonyl (C=O) groups excluding carboxylic acids is 2. The van der Waals surface area contributed by atoms with Gasteiger partial charge in [0.2, 0.25) is 0 Å². The standard InChI is InChI=1S/C22H33FN4O3/c1-16-13-27(14-17(2)30-16)22(3,4)15-24-21(29)26-11-9-25(10-12-26)20(28)18-7-5-6-8-19(18)23/h5-8,16-17H,9-15H2,1-4H3,(H,24,29). The molecule has 0 radical (unpaired) electrons. The first-order valence-electron chi connectivity index (χ1n) is 10.6. The Kier molecular flexibility index (Phi) is 6.98. The normalized spacial score (nSPS) is 23.4. The summed E-state index contributed by atoms with van der Waals surface area (Å²) in [7, 11) is 0. The SMILES string of the molecule is CC1CN(C(C)(C)CNC(=O)N2CCN(C(=O)c3ccccc3F)CC2)CC(C)O1. The summed E-state index contributed by atoms with van der Waals surface area (Å²) >= 11 is 0. The molecule has 3 rings (SSSR count). The van der Waals surface area contributed by atoms with E-state index in [0.29, 0.717) is 32.7 Å². The first-order valence-corrected chi connectivity index (χ1v) is 10.6. The van der Waals surface area contributed by atoms with Gasteiger partial charge in [-0.1, -0.05) is 12.1 Å². The highest BCUT2D eigenvalue weighted by atomic mass is 19.1. The molecule has 30 heavy (non-hydrogen) atoms. The van der Waals surface area contributed by atoms with E-state index in [-0.39, 0.29) is 35.2 Å². The molecule has 2 unspecified atom stereocenters. The molecule has 3 amide bonds. The summed E-state index contributed by atoms with van der Waals surface area (Å²) in [5, 5.41) is 3.05. The topological polar surface area (TPSA) is 65.1 Å². The molecule has 2 saturated heterocycles. The van der Waals surface area contributed by atoms with E-state index in [1.165, 1.54) is 12.1 Å². The van der Waals surface area contributed by atoms with Crippen LogP contribution in [0.3, 0.4) is 0 Å². The van der Waals surface area contributed by atoms with Crippen LogP contribution in [0.1, 0.15) is 38.1 Å². The van der Waals surface area contributed by atoms with E-state index in [9.17, 15) is 14.0 Å². The number of nitrogens with one attached hydrogen (secondary N) is 1. The van der Waals surface area contributed by atoms with Gasteiger partial charge in [-0.05, 0) is 39.8 Å². The fourth-order valence-electron chi connectivity index (χ4n) is 4.11. The second kappa shape index (κ2) is 9.31. The number of halogens is 1. The molecule has 1 aromatic carbocycles. The third kappa shape index (κ3) is 5.29. The maximum atomic E-state index is 13.9. The second-order valence-electron chi connectivity index (χ2n) is 8.89. The van der Waals surface area contributed by atoms with Crippen LogP contribution >= 0.6 is 0 Å². The largest absolute Gasteiger partial charge is 0.373 e. The van der Waals surface area contributed by atoms with Crippen molar-refractivity contribution in [3.8, 4) is 0 Å². The van der Waals surface area contributed by atoms with Crippen LogP contribution in [0.4, 0.5) is 9.18 Å². The Morgan fingerprint density at radius 1 is 1.07 bits per heavy atom. The lowest BCUT2D eigenvalue weighted by atomic mass is 10.00. The zero-order valence-electron chi connectivity index (χ0n) is 18.4. The van der Waals surface area contributed by atoms with Crippen LogP contribution in [0.2, 0.25) is 0 Å². The summed E-state index contributed by atoms with van der Waals surface area (Å²) in [5.41, 5.74) is -0.115. The number of carbonyl (C=O) groups is 2. The van der Waals surface area contributed by atoms with Gasteiger partial charge in [-0.3, -0.25) is 9.69 Å². The first-order chi connectivity index (χ1) is 14.2. The average molecular weight is 421 g/mol. The Balaban J connectivity index is 1.48. The Bertz CT molecular complexity index is 755. The third-order valence-electron chi connectivity index (χ3n) is 5.91. The van der Waals surface area contributed by atoms with Crippen LogP contribution < -0.4 is 5.32 Å². The van der Waals surface area contributed by atoms with Gasteiger partial charge in [-0.15, -0.1) is 0 Å². The van der Waals surface area contributed by atoms with Gasteiger partial charge < -0.3 is 19.9 Å². The predicted molar refractivity (Wildman–Crippen MR) is 113 cm³/mol. The zero-order chi connectivity index (χ0) is 21.9. The van der Waals surface area contributed by atoms with Crippen molar-refractivity contribution in [2.75, 3.05) is 45.8 Å². The number of morpholine rings is 1. The summed E-state index contributed by atoms with van der Waals surface area (Å²) in [4.78, 5) is 30.9. The lowest BCUT2D eigenvalue weighted by Gasteiger charge is -2.45. The molecule has 2 fully saturated rings. The molecule has 0 spiro atoms. The maximum absolute atomic E-state index is 13.9. The summed E-state index contributed by atoms with van der Waals surface area (Å²) < 4.78 is 19.7. The fraction of sp³-hybridized carbons (Fsp3) is 0.636. The van der Waals surface area contributed by atoms with Gasteiger partial charge >= 0.3 is 6.03 Å². The molecule has 0 aromatic heterocycles. The van der Waals surface area contributed by atoms with Gasteiger partial charge in [0.1, 0.15) is 5.82 Å². The van der Waals surface area contributed by atoms with E-state index in [1.54, 1.807) is 21.9 Å². The number of urea groups is 1. The van der Waals surface area contributed by atoms with Crippen molar-refractivity contribution >= 4 is 11.9 Å². The highest BCUT2D eigenvalue weighted by molar-refractivity contribution is 5.94. The quantitative estimate of drug-likeness (QED) is 0.811. The summed E-state index contributed by atoms with van der Waals surface area (Å²) in [6, 6.07) is 5.86. The van der Waals surface area contributed by atoms with Crippen molar-refractivity contribution in [2.24, 2.45) is 0 Å². The summed E-state index contributed by atoms with van der Waals surface area (Å²) in [5.74, 6) is -0.846. The van der Waals surface area contributed by atoms with Crippen molar-refractivity contribution in [1.82, 2.24) is 20.0 Å². The lowest BCUT2D eigenvalue weighted by Crippen LogP contribution is -2.60. The van der Waals surface area contributed by atoms with Crippen molar-refractivity contribution in [3.63, 3.8) is 0 Å². The minimum Gasteiger partial charge on any atom is -0.373 e. The Labute approximate surface area is 178 Å². The number of nitrogens with zero attached hydrogens (tertiary/aromatic N) is 3. The fourth-order valence-corrected chi connectivity index (χ4v) is 4.11. The van der Waals surface area contributed by atoms with Gasteiger partial charge in [0, 0.05) is 51.4 Å². The summed E-state index contributed by atoms with van der Waals surface area (Å²) in [6.07, 6.45) is 0.340. The number of hydrogen-bond acceptors (Lipinski definition) is 4. The maximum Gasteiger partial charge on any atom is 0.317 e. The summed E-state index contributed by atoms with van der Waals surface area (Å²) in [6.45, 7) is 12.2. The van der Waals surface area contributed by atoms with Crippen LogP contribution in [0.5, 0.6) is 0 Å². The van der Waals surface area contributed by atoms with Gasteiger partial charge in [0.25, 0.3) is 5.91 Å². The third-order valence-corrected chi connectivity index (χ3v) is 5.91. The van der Waals surface area contributed by atoms with Crippen LogP contribution in [-0.2, 0) is 4.74 Å². The number of benzene rings is 1. The Morgan fingerprint density at radius 2 is 1.63 bits per heavy atom. The van der Waals surface area contributed by atoms with Gasteiger partial charge in [-0.25, -0.2) is 9.18 Å². The molecular formula is C22H33FN4O3. The first kappa shape index (κ1) is 22.5. The molecule has 2 heterocycles. The van der Waals surface area contributed by atoms with Crippen molar-refractivity contribution < 1.29 is 18.7 Å². The molecule has 166 valence electrons. The minimum absolute atomic E-state index is 0.0751. The molecule has 8 heteroatoms. The molecule has 0 bridgehead atoms. The highest BCUT2D eigenvalue weighted by Crippen LogP contribution is 2.21. The number of hydrogen-bond donors (Lipinski definition) is 1. The number of amides is 3. The molecule has 1 N–H and O–H groups in total. The highest BCUT2D eigenvalue weighted by Gasteiger charge is 2.34. The minimum atomic E-state index is -0.517. The van der Waals surface area contributed by atoms with Crippen LogP contribution in [-0.4, -0.2) is 90.2 Å². The molecular weight excluding hydrogens is 387 g/mol. The van der Waals surface area contributed by atoms with E-state index in [0.717, 1.165) is 13.1 Å². The molecule has 1 aromatic rings. The molecule has 7 nitrogen and oxygen atoms in total. The van der Waals surface area contributed by atoms with E-state index in [2.05, 4.69) is 37.9 Å². The van der Waals surface area contributed by atoms with Crippen molar-refractivity contribution in [1.29, 1.82) is 0 Å². The smallest absolute Gasteiger partial charge is 0.317 e. The molecule has 2 aliphatic rings. The van der Waals surface area contributed by atoms with Crippen molar-refractivity contribution in [2.45, 2.75) is 45.4 Å². The van der Waals surface area contributed by atoms with E-state index in [1.807, 2.05) is 0 Å². The predicted octanol–water partition coefficient (Wildman–Crippen LogP) is 2.18. The van der Waals surface area contributed by atoms with Gasteiger partial charge in [0.05, 0.1) is 17.8 Å². The molecule has 0 aliphatic carbocycles. The number of rotatable bonds is 4. The second-order valence-corrected chi connectivity index (χ2v) is 8.89. The number of ether oxygens (including phenoxy) is 1. The molecule has 0 saturated carbocycles. The van der Waals surface area contributed by atoms with Crippen LogP contribution in [0.15, 0.2) is 24.3 Å². The Morgan fingerprint density at radius 3 is 2.23 bits per heavy atom. The van der Waals surface area contributed by atoms with Crippen molar-refractivity contribution in [3.05, 3.63) is 35.6 Å². The number of piperazine rings is 1. The van der Waals surface area contributed by atoms with E-state index >= 15 is 0 Å². The van der Waals surface area contributed by atoms with Gasteiger partial charge in [0.15, 0.2) is 0 Å². The van der Waals surface area contributed by atoms with Crippen LogP contribution in [0, 0.1) is 5.82 Å².